The van der Waals surface area contributed by atoms with E-state index in [4.69, 9.17) is 0 Å². The van der Waals surface area contributed by atoms with Crippen LogP contribution in [0.3, 0.4) is 0 Å². The minimum Gasteiger partial charge on any atom is -0.360 e. The molecule has 3 heterocycles. The Balaban J connectivity index is 1.40. The second kappa shape index (κ2) is 8.47. The van der Waals surface area contributed by atoms with Crippen molar-refractivity contribution in [3.63, 3.8) is 0 Å². The molecule has 1 atom stereocenters. The number of benzene rings is 1. The zero-order valence-corrected chi connectivity index (χ0v) is 18.7. The fourth-order valence-electron chi connectivity index (χ4n) is 5.15. The van der Waals surface area contributed by atoms with Crippen LogP contribution in [0.25, 0.3) is 0 Å². The molecule has 1 aliphatic carbocycles. The lowest BCUT2D eigenvalue weighted by Gasteiger charge is -2.37. The Morgan fingerprint density at radius 3 is 2.63 bits per heavy atom. The summed E-state index contributed by atoms with van der Waals surface area (Å²) in [6.07, 6.45) is 4.97. The van der Waals surface area contributed by atoms with Crippen molar-refractivity contribution in [2.45, 2.75) is 51.6 Å². The maximum Gasteiger partial charge on any atom is 0.215 e. The van der Waals surface area contributed by atoms with E-state index in [0.717, 1.165) is 32.0 Å². The minimum atomic E-state index is 0.223. The number of rotatable bonds is 5. The highest BCUT2D eigenvalue weighted by Crippen LogP contribution is 2.32. The summed E-state index contributed by atoms with van der Waals surface area (Å²) in [5.41, 5.74) is 4.08. The summed E-state index contributed by atoms with van der Waals surface area (Å²) in [4.78, 5) is 5.50. The van der Waals surface area contributed by atoms with Gasteiger partial charge in [-0.1, -0.05) is 31.0 Å². The number of nitrogens with zero attached hydrogens (tertiary/aromatic N) is 5. The van der Waals surface area contributed by atoms with Crippen LogP contribution in [-0.2, 0) is 0 Å². The second-order valence-corrected chi connectivity index (χ2v) is 9.78. The second-order valence-electron chi connectivity index (χ2n) is 8.80. The van der Waals surface area contributed by atoms with Crippen molar-refractivity contribution in [3.05, 3.63) is 57.5 Å². The van der Waals surface area contributed by atoms with E-state index in [0.29, 0.717) is 6.04 Å². The van der Waals surface area contributed by atoms with E-state index in [1.807, 2.05) is 11.3 Å². The molecular weight excluding hydrogens is 392 g/mol. The Bertz CT molecular complexity index is 968. The van der Waals surface area contributed by atoms with E-state index in [2.05, 4.69) is 74.7 Å². The smallest absolute Gasteiger partial charge is 0.215 e. The molecule has 1 N–H and O–H groups in total. The van der Waals surface area contributed by atoms with Crippen LogP contribution in [0.2, 0.25) is 0 Å². The van der Waals surface area contributed by atoms with Crippen molar-refractivity contribution < 1.29 is 4.90 Å². The van der Waals surface area contributed by atoms with Gasteiger partial charge in [-0.25, -0.2) is 4.68 Å². The number of tetrazole rings is 1. The maximum atomic E-state index is 4.57. The highest BCUT2D eigenvalue weighted by molar-refractivity contribution is 7.10. The Morgan fingerprint density at radius 1 is 1.10 bits per heavy atom. The van der Waals surface area contributed by atoms with Crippen molar-refractivity contribution in [2.24, 2.45) is 0 Å². The van der Waals surface area contributed by atoms with Gasteiger partial charge in [0.05, 0.1) is 37.1 Å². The Hall–Kier alpha value is -2.25. The molecule has 3 aromatic rings. The quantitative estimate of drug-likeness (QED) is 0.686. The molecular formula is C23H31N6S+. The average Bonchev–Trinajstić information content (AvgIpc) is 3.53. The Labute approximate surface area is 182 Å². The van der Waals surface area contributed by atoms with Gasteiger partial charge in [-0.3, -0.25) is 0 Å². The van der Waals surface area contributed by atoms with E-state index in [9.17, 15) is 0 Å². The number of quaternary nitrogens is 1. The third kappa shape index (κ3) is 3.76. The zero-order chi connectivity index (χ0) is 20.5. The molecule has 2 fully saturated rings. The van der Waals surface area contributed by atoms with E-state index in [1.54, 1.807) is 4.90 Å². The van der Waals surface area contributed by atoms with Crippen LogP contribution in [-0.4, -0.2) is 46.4 Å². The van der Waals surface area contributed by atoms with Gasteiger partial charge in [-0.2, -0.15) is 0 Å². The predicted octanol–water partition coefficient (Wildman–Crippen LogP) is 2.96. The molecule has 7 heteroatoms. The van der Waals surface area contributed by atoms with E-state index in [1.165, 1.54) is 47.4 Å². The topological polar surface area (TPSA) is 51.3 Å². The third-order valence-corrected chi connectivity index (χ3v) is 7.73. The van der Waals surface area contributed by atoms with Crippen molar-refractivity contribution in [2.75, 3.05) is 31.1 Å². The number of anilines is 1. The van der Waals surface area contributed by atoms with Gasteiger partial charge >= 0.3 is 0 Å². The van der Waals surface area contributed by atoms with Crippen LogP contribution in [0.5, 0.6) is 0 Å². The van der Waals surface area contributed by atoms with Crippen molar-refractivity contribution in [1.82, 2.24) is 20.2 Å². The third-order valence-electron chi connectivity index (χ3n) is 6.79. The predicted molar refractivity (Wildman–Crippen MR) is 120 cm³/mol. The number of hydrogen-bond donors (Lipinski definition) is 1. The number of aromatic nitrogens is 4. The first-order valence-electron chi connectivity index (χ1n) is 11.2. The van der Waals surface area contributed by atoms with Crippen molar-refractivity contribution in [3.8, 4) is 0 Å². The van der Waals surface area contributed by atoms with Gasteiger partial charge in [0, 0.05) is 5.69 Å². The summed E-state index contributed by atoms with van der Waals surface area (Å²) in [6, 6.07) is 11.9. The molecule has 1 saturated carbocycles. The first-order chi connectivity index (χ1) is 14.7. The van der Waals surface area contributed by atoms with E-state index < -0.39 is 0 Å². The van der Waals surface area contributed by atoms with Crippen molar-refractivity contribution >= 4 is 17.0 Å². The highest BCUT2D eigenvalue weighted by atomic mass is 32.1. The number of hydrogen-bond acceptors (Lipinski definition) is 5. The Kier molecular flexibility index (Phi) is 5.56. The monoisotopic (exact) mass is 423 g/mol. The summed E-state index contributed by atoms with van der Waals surface area (Å²) in [6.45, 7) is 8.71. The van der Waals surface area contributed by atoms with Crippen LogP contribution < -0.4 is 9.80 Å². The van der Waals surface area contributed by atoms with Crippen LogP contribution >= 0.6 is 11.3 Å². The van der Waals surface area contributed by atoms with Gasteiger partial charge in [0.1, 0.15) is 0 Å². The van der Waals surface area contributed by atoms with E-state index >= 15 is 0 Å². The zero-order valence-electron chi connectivity index (χ0n) is 17.9. The minimum absolute atomic E-state index is 0.223. The van der Waals surface area contributed by atoms with Crippen LogP contribution in [0, 0.1) is 13.8 Å². The Morgan fingerprint density at radius 2 is 1.90 bits per heavy atom. The summed E-state index contributed by atoms with van der Waals surface area (Å²) < 4.78 is 2.15. The summed E-state index contributed by atoms with van der Waals surface area (Å²) in [5, 5.41) is 15.3. The molecule has 1 saturated heterocycles. The SMILES string of the molecule is Cc1ccc(C)c(N2CC[NH+]([C@@H](c3cccs3)c3nnnn3C3CCCC3)CC2)c1. The number of aryl methyl sites for hydroxylation is 2. The van der Waals surface area contributed by atoms with Gasteiger partial charge in [-0.05, 0) is 65.8 Å². The molecule has 0 bridgehead atoms. The molecule has 30 heavy (non-hydrogen) atoms. The molecule has 0 spiro atoms. The fourth-order valence-corrected chi connectivity index (χ4v) is 6.03. The lowest BCUT2D eigenvalue weighted by atomic mass is 10.1. The first-order valence-corrected chi connectivity index (χ1v) is 12.1. The standard InChI is InChI=1S/C23H30N6S/c1-17-9-10-18(2)20(16-17)27-11-13-28(14-12-27)22(21-8-5-15-30-21)23-24-25-26-29(23)19-6-3-4-7-19/h5,8-10,15-16,19,22H,3-4,6-7,11-14H2,1-2H3/p+1/t22-/m0/s1. The summed E-state index contributed by atoms with van der Waals surface area (Å²) >= 11 is 1.83. The fraction of sp³-hybridized carbons (Fsp3) is 0.522. The normalized spacial score (nSPS) is 19.5. The first kappa shape index (κ1) is 19.7. The van der Waals surface area contributed by atoms with Gasteiger partial charge in [0.2, 0.25) is 5.82 Å². The number of thiophene rings is 1. The van der Waals surface area contributed by atoms with Crippen LogP contribution in [0.1, 0.15) is 59.6 Å². The molecule has 0 radical (unpaired) electrons. The molecule has 1 aromatic carbocycles. The highest BCUT2D eigenvalue weighted by Gasteiger charge is 2.36. The lowest BCUT2D eigenvalue weighted by molar-refractivity contribution is -0.926. The number of nitrogens with one attached hydrogen (secondary N) is 1. The number of piperazine rings is 1. The van der Waals surface area contributed by atoms with Gasteiger partial charge in [-0.15, -0.1) is 16.4 Å². The van der Waals surface area contributed by atoms with Gasteiger partial charge in [0.25, 0.3) is 0 Å². The van der Waals surface area contributed by atoms with Crippen LogP contribution in [0.15, 0.2) is 35.7 Å². The van der Waals surface area contributed by atoms with Gasteiger partial charge < -0.3 is 9.80 Å². The molecule has 0 unspecified atom stereocenters. The average molecular weight is 424 g/mol. The molecule has 2 aliphatic rings. The molecule has 6 nitrogen and oxygen atoms in total. The van der Waals surface area contributed by atoms with E-state index in [-0.39, 0.29) is 6.04 Å². The molecule has 5 rings (SSSR count). The summed E-state index contributed by atoms with van der Waals surface area (Å²) in [5.74, 6) is 1.06. The molecule has 1 aliphatic heterocycles. The largest absolute Gasteiger partial charge is 0.360 e. The van der Waals surface area contributed by atoms with Crippen molar-refractivity contribution in [1.29, 1.82) is 0 Å². The molecule has 158 valence electrons. The van der Waals surface area contributed by atoms with Crippen LogP contribution in [0.4, 0.5) is 5.69 Å². The molecule has 2 aromatic heterocycles. The lowest BCUT2D eigenvalue weighted by Crippen LogP contribution is -3.15. The molecule has 0 amide bonds. The summed E-state index contributed by atoms with van der Waals surface area (Å²) in [7, 11) is 0. The maximum absolute atomic E-state index is 4.57. The van der Waals surface area contributed by atoms with Gasteiger partial charge in [0.15, 0.2) is 6.04 Å².